The Kier molecular flexibility index (Phi) is 6.17. The highest BCUT2D eigenvalue weighted by molar-refractivity contribution is 7.90. The molecule has 3 aromatic rings. The summed E-state index contributed by atoms with van der Waals surface area (Å²) in [7, 11) is -2.28. The summed E-state index contributed by atoms with van der Waals surface area (Å²) in [6, 6.07) is 19.0. The molecule has 1 fully saturated rings. The molecule has 0 unspecified atom stereocenters. The van der Waals surface area contributed by atoms with Gasteiger partial charge >= 0.3 is 0 Å². The van der Waals surface area contributed by atoms with Gasteiger partial charge in [-0.2, -0.15) is 8.42 Å². The number of carbonyl (C=O) groups excluding carboxylic acids is 1. The number of fused-ring (bicyclic) bond motifs is 3. The second-order valence-electron chi connectivity index (χ2n) is 8.36. The molecule has 0 atom stereocenters. The van der Waals surface area contributed by atoms with Crippen LogP contribution >= 0.6 is 0 Å². The summed E-state index contributed by atoms with van der Waals surface area (Å²) in [5.41, 5.74) is 1.39. The Labute approximate surface area is 204 Å². The molecule has 5 rings (SSSR count). The third-order valence-corrected chi connectivity index (χ3v) is 7.35. The number of nitrogens with zero attached hydrogens (tertiary/aromatic N) is 2. The van der Waals surface area contributed by atoms with Gasteiger partial charge in [0.1, 0.15) is 16.5 Å². The van der Waals surface area contributed by atoms with E-state index in [2.05, 4.69) is 9.71 Å². The van der Waals surface area contributed by atoms with Crippen molar-refractivity contribution in [3.05, 3.63) is 72.3 Å². The summed E-state index contributed by atoms with van der Waals surface area (Å²) in [5, 5.41) is 2.81. The topological polar surface area (TPSA) is 97.3 Å². The number of amidine groups is 1. The van der Waals surface area contributed by atoms with Crippen LogP contribution < -0.4 is 19.7 Å². The second kappa shape index (κ2) is 9.42. The number of sulfonamides is 1. The Morgan fingerprint density at radius 2 is 1.74 bits per heavy atom. The molecule has 2 heterocycles. The van der Waals surface area contributed by atoms with E-state index in [-0.39, 0.29) is 10.5 Å². The predicted molar refractivity (Wildman–Crippen MR) is 134 cm³/mol. The van der Waals surface area contributed by atoms with Crippen LogP contribution in [0.4, 0.5) is 11.4 Å². The van der Waals surface area contributed by atoms with E-state index in [1.807, 2.05) is 23.1 Å². The number of hydrogen-bond donors (Lipinski definition) is 1. The molecular formula is C26H25N3O5S. The first kappa shape index (κ1) is 22.9. The zero-order chi connectivity index (χ0) is 24.4. The van der Waals surface area contributed by atoms with Gasteiger partial charge in [0.15, 0.2) is 11.5 Å². The Bertz CT molecular complexity index is 1400. The fraction of sp³-hybridized carbons (Fsp3) is 0.231. The van der Waals surface area contributed by atoms with Gasteiger partial charge in [0.05, 0.1) is 12.8 Å². The van der Waals surface area contributed by atoms with Crippen molar-refractivity contribution in [2.75, 3.05) is 23.9 Å². The molecule has 1 saturated heterocycles. The van der Waals surface area contributed by atoms with Crippen molar-refractivity contribution in [2.45, 2.75) is 30.6 Å². The average Bonchev–Trinajstić information content (AvgIpc) is 3.10. The van der Waals surface area contributed by atoms with E-state index < -0.39 is 15.9 Å². The van der Waals surface area contributed by atoms with Gasteiger partial charge < -0.3 is 19.7 Å². The average molecular weight is 492 g/mol. The number of benzene rings is 3. The molecule has 0 saturated carbocycles. The van der Waals surface area contributed by atoms with E-state index in [0.717, 1.165) is 25.8 Å². The highest BCUT2D eigenvalue weighted by atomic mass is 32.2. The summed E-state index contributed by atoms with van der Waals surface area (Å²) < 4.78 is 40.9. The molecule has 8 nitrogen and oxygen atoms in total. The van der Waals surface area contributed by atoms with Crippen LogP contribution in [-0.2, 0) is 10.0 Å². The smallest absolute Gasteiger partial charge is 0.286 e. The number of amides is 1. The van der Waals surface area contributed by atoms with Crippen LogP contribution in [0.15, 0.2) is 76.0 Å². The van der Waals surface area contributed by atoms with Crippen LogP contribution in [0.2, 0.25) is 0 Å². The number of methoxy groups -OCH3 is 1. The number of nitrogens with one attached hydrogen (secondary N) is 1. The molecule has 9 heteroatoms. The van der Waals surface area contributed by atoms with Gasteiger partial charge in [0.25, 0.3) is 15.9 Å². The Balaban J connectivity index is 1.33. The molecule has 1 N–H and O–H groups in total. The molecule has 0 aromatic heterocycles. The first-order chi connectivity index (χ1) is 16.9. The van der Waals surface area contributed by atoms with Gasteiger partial charge in [-0.3, -0.25) is 4.79 Å². The summed E-state index contributed by atoms with van der Waals surface area (Å²) in [6.45, 7) is 0.718. The maximum atomic E-state index is 12.9. The van der Waals surface area contributed by atoms with E-state index in [0.29, 0.717) is 40.9 Å². The molecule has 1 amide bonds. The Morgan fingerprint density at radius 3 is 2.51 bits per heavy atom. The van der Waals surface area contributed by atoms with E-state index in [4.69, 9.17) is 9.47 Å². The van der Waals surface area contributed by atoms with Crippen LogP contribution in [0.25, 0.3) is 0 Å². The van der Waals surface area contributed by atoms with Gasteiger partial charge in [-0.15, -0.1) is 4.40 Å². The molecular weight excluding hydrogens is 466 g/mol. The van der Waals surface area contributed by atoms with E-state index in [1.54, 1.807) is 49.6 Å². The number of para-hydroxylation sites is 2. The van der Waals surface area contributed by atoms with Crippen LogP contribution in [-0.4, -0.2) is 33.8 Å². The molecule has 2 aliphatic rings. The summed E-state index contributed by atoms with van der Waals surface area (Å²) in [5.74, 6) is 1.95. The molecule has 3 aromatic carbocycles. The van der Waals surface area contributed by atoms with E-state index >= 15 is 0 Å². The van der Waals surface area contributed by atoms with E-state index in [1.165, 1.54) is 6.07 Å². The molecule has 2 aliphatic heterocycles. The van der Waals surface area contributed by atoms with Crippen LogP contribution in [0.1, 0.15) is 36.0 Å². The van der Waals surface area contributed by atoms with Crippen molar-refractivity contribution < 1.29 is 22.7 Å². The highest BCUT2D eigenvalue weighted by Crippen LogP contribution is 2.35. The number of rotatable bonds is 5. The fourth-order valence-corrected chi connectivity index (χ4v) is 5.54. The second-order valence-corrected chi connectivity index (χ2v) is 9.93. The normalized spacial score (nSPS) is 16.3. The van der Waals surface area contributed by atoms with Crippen molar-refractivity contribution in [1.82, 2.24) is 0 Å². The summed E-state index contributed by atoms with van der Waals surface area (Å²) >= 11 is 0. The zero-order valence-electron chi connectivity index (χ0n) is 19.2. The molecule has 0 radical (unpaired) electrons. The highest BCUT2D eigenvalue weighted by Gasteiger charge is 2.32. The zero-order valence-corrected chi connectivity index (χ0v) is 20.0. The van der Waals surface area contributed by atoms with Crippen LogP contribution in [0.3, 0.4) is 0 Å². The van der Waals surface area contributed by atoms with Crippen molar-refractivity contribution >= 4 is 33.1 Å². The van der Waals surface area contributed by atoms with Crippen molar-refractivity contribution in [3.63, 3.8) is 0 Å². The van der Waals surface area contributed by atoms with E-state index in [9.17, 15) is 13.2 Å². The van der Waals surface area contributed by atoms with Crippen LogP contribution in [0, 0.1) is 0 Å². The van der Waals surface area contributed by atoms with Crippen molar-refractivity contribution in [3.8, 4) is 17.2 Å². The minimum atomic E-state index is -3.86. The van der Waals surface area contributed by atoms with Crippen LogP contribution in [0.5, 0.6) is 17.2 Å². The van der Waals surface area contributed by atoms with Gasteiger partial charge in [0, 0.05) is 24.2 Å². The molecule has 0 aliphatic carbocycles. The molecule has 180 valence electrons. The predicted octanol–water partition coefficient (Wildman–Crippen LogP) is 5.22. The summed E-state index contributed by atoms with van der Waals surface area (Å²) in [4.78, 5) is 14.9. The van der Waals surface area contributed by atoms with Gasteiger partial charge in [-0.1, -0.05) is 18.6 Å². The lowest BCUT2D eigenvalue weighted by atomic mass is 10.1. The Morgan fingerprint density at radius 1 is 0.971 bits per heavy atom. The minimum Gasteiger partial charge on any atom is -0.493 e. The third kappa shape index (κ3) is 4.72. The van der Waals surface area contributed by atoms with Crippen molar-refractivity contribution in [1.29, 1.82) is 0 Å². The molecule has 0 spiro atoms. The maximum Gasteiger partial charge on any atom is 0.286 e. The first-order valence-electron chi connectivity index (χ1n) is 11.4. The van der Waals surface area contributed by atoms with Crippen molar-refractivity contribution in [2.24, 2.45) is 4.40 Å². The lowest BCUT2D eigenvalue weighted by Crippen LogP contribution is -2.35. The third-order valence-electron chi connectivity index (χ3n) is 6.02. The molecule has 35 heavy (non-hydrogen) atoms. The molecule has 0 bridgehead atoms. The largest absolute Gasteiger partial charge is 0.493 e. The number of hydrogen-bond acceptors (Lipinski definition) is 6. The fourth-order valence-electron chi connectivity index (χ4n) is 4.26. The SMILES string of the molecule is COc1ccccc1Oc1ccc(NC(=O)c2ccc3c(c2)S(=O)(=O)N=C2CCCCCN23)cc1. The first-order valence-corrected chi connectivity index (χ1v) is 12.9. The van der Waals surface area contributed by atoms with Gasteiger partial charge in [-0.05, 0) is 67.4 Å². The van der Waals surface area contributed by atoms with Gasteiger partial charge in [-0.25, -0.2) is 0 Å². The monoisotopic (exact) mass is 491 g/mol. The lowest BCUT2D eigenvalue weighted by Gasteiger charge is -2.29. The number of carbonyl (C=O) groups is 1. The summed E-state index contributed by atoms with van der Waals surface area (Å²) in [6.07, 6.45) is 3.56. The lowest BCUT2D eigenvalue weighted by molar-refractivity contribution is 0.102. The number of ether oxygens (including phenoxy) is 2. The van der Waals surface area contributed by atoms with Gasteiger partial charge in [0.2, 0.25) is 0 Å². The minimum absolute atomic E-state index is 0.0661. The number of anilines is 2. The maximum absolute atomic E-state index is 12.9. The standard InChI is InChI=1S/C26H25N3O5S/c1-33-22-7-4-5-8-23(22)34-20-13-11-19(12-14-20)27-26(30)18-10-15-21-24(17-18)35(31,32)28-25-9-3-2-6-16-29(21)25/h4-5,7-8,10-15,17H,2-3,6,9,16H2,1H3,(H,27,30). The Hall–Kier alpha value is -3.85. The quantitative estimate of drug-likeness (QED) is 0.526.